The van der Waals surface area contributed by atoms with Gasteiger partial charge in [-0.05, 0) is 51.0 Å². The maximum absolute atomic E-state index is 12.1. The van der Waals surface area contributed by atoms with E-state index in [-0.39, 0.29) is 12.1 Å². The fourth-order valence-corrected chi connectivity index (χ4v) is 3.04. The molecular formula is C24H34N4O4. The number of nitrogens with one attached hydrogen (secondary N) is 4. The largest absolute Gasteiger partial charge is 0.492 e. The molecule has 174 valence electrons. The van der Waals surface area contributed by atoms with Crippen molar-refractivity contribution in [2.24, 2.45) is 0 Å². The molecule has 0 spiro atoms. The summed E-state index contributed by atoms with van der Waals surface area (Å²) in [5.41, 5.74) is 1.31. The van der Waals surface area contributed by atoms with Crippen molar-refractivity contribution in [3.63, 3.8) is 0 Å². The third-order valence-electron chi connectivity index (χ3n) is 4.54. The fourth-order valence-electron chi connectivity index (χ4n) is 3.04. The van der Waals surface area contributed by atoms with Crippen molar-refractivity contribution in [3.8, 4) is 11.5 Å². The van der Waals surface area contributed by atoms with Crippen molar-refractivity contribution in [2.75, 3.05) is 36.9 Å². The van der Waals surface area contributed by atoms with E-state index in [2.05, 4.69) is 21.3 Å². The lowest BCUT2D eigenvalue weighted by Gasteiger charge is -2.12. The van der Waals surface area contributed by atoms with Gasteiger partial charge in [0, 0.05) is 13.1 Å². The second-order valence-corrected chi connectivity index (χ2v) is 7.03. The molecule has 0 saturated carbocycles. The van der Waals surface area contributed by atoms with Crippen molar-refractivity contribution in [2.45, 2.75) is 39.5 Å². The Morgan fingerprint density at radius 3 is 1.47 bits per heavy atom. The van der Waals surface area contributed by atoms with Gasteiger partial charge in [-0.3, -0.25) is 0 Å². The molecule has 0 aliphatic carbocycles. The first-order chi connectivity index (χ1) is 15.6. The zero-order valence-corrected chi connectivity index (χ0v) is 18.9. The van der Waals surface area contributed by atoms with E-state index >= 15 is 0 Å². The van der Waals surface area contributed by atoms with E-state index in [1.807, 2.05) is 62.4 Å². The Labute approximate surface area is 190 Å². The van der Waals surface area contributed by atoms with Crippen LogP contribution in [-0.4, -0.2) is 38.4 Å². The lowest BCUT2D eigenvalue weighted by molar-refractivity contribution is 0.250. The monoisotopic (exact) mass is 442 g/mol. The van der Waals surface area contributed by atoms with Gasteiger partial charge < -0.3 is 30.7 Å². The summed E-state index contributed by atoms with van der Waals surface area (Å²) in [5, 5.41) is 11.3. The van der Waals surface area contributed by atoms with Crippen LogP contribution in [0, 0.1) is 0 Å². The van der Waals surface area contributed by atoms with Crippen LogP contribution in [0.4, 0.5) is 21.0 Å². The van der Waals surface area contributed by atoms with Gasteiger partial charge in [0.15, 0.2) is 0 Å². The Kier molecular flexibility index (Phi) is 11.3. The fraction of sp³-hybridized carbons (Fsp3) is 0.417. The lowest BCUT2D eigenvalue weighted by Crippen LogP contribution is -2.30. The van der Waals surface area contributed by atoms with Crippen LogP contribution in [0.15, 0.2) is 48.5 Å². The first kappa shape index (κ1) is 24.8. The molecule has 0 fully saturated rings. The number of urea groups is 2. The number of hydrogen-bond donors (Lipinski definition) is 4. The van der Waals surface area contributed by atoms with Crippen molar-refractivity contribution < 1.29 is 19.1 Å². The first-order valence-electron chi connectivity index (χ1n) is 11.2. The van der Waals surface area contributed by atoms with Gasteiger partial charge in [0.05, 0.1) is 24.6 Å². The van der Waals surface area contributed by atoms with Crippen LogP contribution in [-0.2, 0) is 0 Å². The molecule has 0 radical (unpaired) electrons. The topological polar surface area (TPSA) is 101 Å². The van der Waals surface area contributed by atoms with Crippen molar-refractivity contribution in [3.05, 3.63) is 48.5 Å². The van der Waals surface area contributed by atoms with E-state index in [1.165, 1.54) is 0 Å². The molecule has 0 aliphatic heterocycles. The van der Waals surface area contributed by atoms with Gasteiger partial charge in [-0.2, -0.15) is 0 Å². The number of carbonyl (C=O) groups excluding carboxylic acids is 2. The quantitative estimate of drug-likeness (QED) is 0.328. The number of amides is 4. The number of ether oxygens (including phenoxy) is 2. The third kappa shape index (κ3) is 9.16. The molecule has 2 aromatic carbocycles. The SMILES string of the molecule is CCOc1ccccc1NC(=O)NCCCCCCNC(=O)Nc1ccccc1OCC. The Hall–Kier alpha value is -3.42. The molecule has 4 N–H and O–H groups in total. The molecule has 4 amide bonds. The normalized spacial score (nSPS) is 10.2. The summed E-state index contributed by atoms with van der Waals surface area (Å²) < 4.78 is 11.0. The first-order valence-corrected chi connectivity index (χ1v) is 11.2. The summed E-state index contributed by atoms with van der Waals surface area (Å²) in [6, 6.07) is 14.2. The minimum atomic E-state index is -0.247. The van der Waals surface area contributed by atoms with Crippen LogP contribution in [0.25, 0.3) is 0 Å². The van der Waals surface area contributed by atoms with Crippen molar-refractivity contribution in [1.29, 1.82) is 0 Å². The van der Waals surface area contributed by atoms with Crippen LogP contribution in [0.3, 0.4) is 0 Å². The van der Waals surface area contributed by atoms with Gasteiger partial charge in [-0.1, -0.05) is 37.1 Å². The van der Waals surface area contributed by atoms with Gasteiger partial charge in [0.2, 0.25) is 0 Å². The number of carbonyl (C=O) groups is 2. The Morgan fingerprint density at radius 1 is 0.656 bits per heavy atom. The Balaban J connectivity index is 1.53. The predicted molar refractivity (Wildman–Crippen MR) is 128 cm³/mol. The van der Waals surface area contributed by atoms with E-state index < -0.39 is 0 Å². The van der Waals surface area contributed by atoms with E-state index in [0.29, 0.717) is 49.2 Å². The number of anilines is 2. The highest BCUT2D eigenvalue weighted by molar-refractivity contribution is 5.91. The molecule has 2 aromatic rings. The van der Waals surface area contributed by atoms with Crippen LogP contribution in [0.5, 0.6) is 11.5 Å². The summed E-state index contributed by atoms with van der Waals surface area (Å²) in [6.45, 7) is 6.06. The highest BCUT2D eigenvalue weighted by Gasteiger charge is 2.07. The zero-order chi connectivity index (χ0) is 23.0. The molecule has 0 atom stereocenters. The smallest absolute Gasteiger partial charge is 0.319 e. The molecule has 32 heavy (non-hydrogen) atoms. The molecule has 0 aliphatic rings. The molecule has 0 unspecified atom stereocenters. The number of para-hydroxylation sites is 4. The number of hydrogen-bond acceptors (Lipinski definition) is 4. The summed E-state index contributed by atoms with van der Waals surface area (Å²) in [4.78, 5) is 24.1. The molecule has 2 rings (SSSR count). The van der Waals surface area contributed by atoms with Crippen LogP contribution < -0.4 is 30.7 Å². The average molecular weight is 443 g/mol. The maximum atomic E-state index is 12.1. The molecule has 8 nitrogen and oxygen atoms in total. The number of rotatable bonds is 13. The van der Waals surface area contributed by atoms with E-state index in [4.69, 9.17) is 9.47 Å². The van der Waals surface area contributed by atoms with Crippen molar-refractivity contribution >= 4 is 23.4 Å². The third-order valence-corrected chi connectivity index (χ3v) is 4.54. The maximum Gasteiger partial charge on any atom is 0.319 e. The second-order valence-electron chi connectivity index (χ2n) is 7.03. The van der Waals surface area contributed by atoms with Crippen molar-refractivity contribution in [1.82, 2.24) is 10.6 Å². The summed E-state index contributed by atoms with van der Waals surface area (Å²) in [7, 11) is 0. The summed E-state index contributed by atoms with van der Waals surface area (Å²) >= 11 is 0. The lowest BCUT2D eigenvalue weighted by atomic mass is 10.2. The van der Waals surface area contributed by atoms with E-state index in [9.17, 15) is 9.59 Å². The Morgan fingerprint density at radius 2 is 1.06 bits per heavy atom. The number of benzene rings is 2. The van der Waals surface area contributed by atoms with Gasteiger partial charge >= 0.3 is 12.1 Å². The molecule has 8 heteroatoms. The molecular weight excluding hydrogens is 408 g/mol. The zero-order valence-electron chi connectivity index (χ0n) is 18.9. The van der Waals surface area contributed by atoms with E-state index in [1.54, 1.807) is 0 Å². The Bertz CT molecular complexity index is 775. The van der Waals surface area contributed by atoms with E-state index in [0.717, 1.165) is 25.7 Å². The minimum absolute atomic E-state index is 0.247. The van der Waals surface area contributed by atoms with Gasteiger partial charge in [-0.25, -0.2) is 9.59 Å². The average Bonchev–Trinajstić information content (AvgIpc) is 2.78. The molecule has 0 aromatic heterocycles. The summed E-state index contributed by atoms with van der Waals surface area (Å²) in [5.74, 6) is 1.31. The van der Waals surface area contributed by atoms with Crippen LogP contribution >= 0.6 is 0 Å². The highest BCUT2D eigenvalue weighted by Crippen LogP contribution is 2.24. The molecule has 0 saturated heterocycles. The minimum Gasteiger partial charge on any atom is -0.492 e. The second kappa shape index (κ2) is 14.6. The predicted octanol–water partition coefficient (Wildman–Crippen LogP) is 4.99. The number of unbranched alkanes of at least 4 members (excludes halogenated alkanes) is 3. The highest BCUT2D eigenvalue weighted by atomic mass is 16.5. The van der Waals surface area contributed by atoms with Crippen LogP contribution in [0.2, 0.25) is 0 Å². The van der Waals surface area contributed by atoms with Crippen LogP contribution in [0.1, 0.15) is 39.5 Å². The standard InChI is InChI=1S/C24H34N4O4/c1-3-31-21-15-9-7-13-19(21)27-23(29)25-17-11-5-6-12-18-26-24(30)28-20-14-8-10-16-22(20)32-4-2/h7-10,13-16H,3-6,11-12,17-18H2,1-2H3,(H2,25,27,29)(H2,26,28,30). The van der Waals surface area contributed by atoms with Gasteiger partial charge in [-0.15, -0.1) is 0 Å². The molecule has 0 bridgehead atoms. The molecule has 0 heterocycles. The summed E-state index contributed by atoms with van der Waals surface area (Å²) in [6.07, 6.45) is 3.67. The van der Waals surface area contributed by atoms with Gasteiger partial charge in [0.25, 0.3) is 0 Å². The van der Waals surface area contributed by atoms with Gasteiger partial charge in [0.1, 0.15) is 11.5 Å².